The first-order valence-electron chi connectivity index (χ1n) is 4.86. The fourth-order valence-electron chi connectivity index (χ4n) is 1.81. The highest BCUT2D eigenvalue weighted by Crippen LogP contribution is 2.28. The van der Waals surface area contributed by atoms with Gasteiger partial charge in [0, 0.05) is 6.04 Å². The molecule has 15 heavy (non-hydrogen) atoms. The molecule has 1 aromatic carbocycles. The number of halogens is 2. The van der Waals surface area contributed by atoms with E-state index in [0.717, 1.165) is 21.9 Å². The van der Waals surface area contributed by atoms with Crippen LogP contribution in [0.1, 0.15) is 25.7 Å². The Labute approximate surface area is 98.8 Å². The number of alkyl halides is 1. The number of rotatable bonds is 2. The van der Waals surface area contributed by atoms with Crippen molar-refractivity contribution < 1.29 is 0 Å². The van der Waals surface area contributed by atoms with Crippen molar-refractivity contribution >= 4 is 34.2 Å². The Morgan fingerprint density at radius 3 is 2.73 bits per heavy atom. The van der Waals surface area contributed by atoms with Crippen molar-refractivity contribution in [3.05, 3.63) is 29.0 Å². The fourth-order valence-corrected chi connectivity index (χ4v) is 2.25. The summed E-state index contributed by atoms with van der Waals surface area (Å²) >= 11 is 12.0. The third kappa shape index (κ3) is 1.72. The Hall–Kier alpha value is -0.730. The Morgan fingerprint density at radius 2 is 2.13 bits per heavy atom. The third-order valence-electron chi connectivity index (χ3n) is 2.37. The van der Waals surface area contributed by atoms with Gasteiger partial charge >= 0.3 is 0 Å². The second-order valence-electron chi connectivity index (χ2n) is 3.73. The molecule has 0 amide bonds. The molecule has 0 aliphatic carbocycles. The van der Waals surface area contributed by atoms with Gasteiger partial charge in [-0.05, 0) is 26.0 Å². The van der Waals surface area contributed by atoms with E-state index in [1.807, 2.05) is 18.2 Å². The van der Waals surface area contributed by atoms with Crippen LogP contribution in [-0.2, 0) is 5.88 Å². The van der Waals surface area contributed by atoms with Crippen LogP contribution in [0.3, 0.4) is 0 Å². The maximum absolute atomic E-state index is 6.17. The molecule has 2 aromatic rings. The first kappa shape index (κ1) is 10.8. The van der Waals surface area contributed by atoms with Gasteiger partial charge < -0.3 is 4.57 Å². The van der Waals surface area contributed by atoms with Gasteiger partial charge in [0.25, 0.3) is 0 Å². The number of fused-ring (bicyclic) bond motifs is 1. The summed E-state index contributed by atoms with van der Waals surface area (Å²) < 4.78 is 2.09. The van der Waals surface area contributed by atoms with E-state index >= 15 is 0 Å². The second kappa shape index (κ2) is 4.03. The summed E-state index contributed by atoms with van der Waals surface area (Å²) in [6.07, 6.45) is 0. The third-order valence-corrected chi connectivity index (χ3v) is 2.91. The molecule has 1 aromatic heterocycles. The molecule has 0 aliphatic heterocycles. The van der Waals surface area contributed by atoms with E-state index in [-0.39, 0.29) is 0 Å². The molecule has 2 nitrogen and oxygen atoms in total. The van der Waals surface area contributed by atoms with Gasteiger partial charge in [0.1, 0.15) is 5.82 Å². The molecule has 0 aliphatic rings. The van der Waals surface area contributed by atoms with Crippen LogP contribution in [0.25, 0.3) is 11.0 Å². The maximum Gasteiger partial charge on any atom is 0.125 e. The van der Waals surface area contributed by atoms with E-state index in [9.17, 15) is 0 Å². The Bertz CT molecular complexity index is 489. The lowest BCUT2D eigenvalue weighted by Crippen LogP contribution is -2.04. The van der Waals surface area contributed by atoms with E-state index in [4.69, 9.17) is 23.2 Å². The second-order valence-corrected chi connectivity index (χ2v) is 4.41. The van der Waals surface area contributed by atoms with Crippen molar-refractivity contribution in [2.75, 3.05) is 0 Å². The number of aromatic nitrogens is 2. The van der Waals surface area contributed by atoms with Crippen molar-refractivity contribution in [1.82, 2.24) is 9.55 Å². The first-order valence-corrected chi connectivity index (χ1v) is 5.77. The standard InChI is InChI=1S/C11H12Cl2N2/c1-7(2)15-10(6-12)14-9-5-3-4-8(13)11(9)15/h3-5,7H,6H2,1-2H3. The molecule has 0 saturated carbocycles. The molecule has 0 bridgehead atoms. The van der Waals surface area contributed by atoms with Gasteiger partial charge in [0.15, 0.2) is 0 Å². The molecule has 0 atom stereocenters. The zero-order valence-corrected chi connectivity index (χ0v) is 10.2. The Morgan fingerprint density at radius 1 is 1.40 bits per heavy atom. The summed E-state index contributed by atoms with van der Waals surface area (Å²) in [6, 6.07) is 6.04. The molecule has 0 fully saturated rings. The van der Waals surface area contributed by atoms with Gasteiger partial charge in [0.2, 0.25) is 0 Å². The summed E-state index contributed by atoms with van der Waals surface area (Å²) in [5.74, 6) is 1.28. The molecule has 80 valence electrons. The van der Waals surface area contributed by atoms with Crippen molar-refractivity contribution in [2.24, 2.45) is 0 Å². The highest BCUT2D eigenvalue weighted by atomic mass is 35.5. The summed E-state index contributed by atoms with van der Waals surface area (Å²) in [5, 5.41) is 0.727. The van der Waals surface area contributed by atoms with Crippen molar-refractivity contribution in [1.29, 1.82) is 0 Å². The van der Waals surface area contributed by atoms with Crippen LogP contribution in [-0.4, -0.2) is 9.55 Å². The zero-order chi connectivity index (χ0) is 11.0. The molecular weight excluding hydrogens is 231 g/mol. The lowest BCUT2D eigenvalue weighted by molar-refractivity contribution is 0.597. The van der Waals surface area contributed by atoms with Crippen LogP contribution in [0.5, 0.6) is 0 Å². The van der Waals surface area contributed by atoms with Crippen molar-refractivity contribution in [3.63, 3.8) is 0 Å². The Balaban J connectivity index is 2.82. The van der Waals surface area contributed by atoms with E-state index in [2.05, 4.69) is 23.4 Å². The smallest absolute Gasteiger partial charge is 0.125 e. The normalized spacial score (nSPS) is 11.5. The van der Waals surface area contributed by atoms with Crippen LogP contribution >= 0.6 is 23.2 Å². The molecule has 1 heterocycles. The number of benzene rings is 1. The lowest BCUT2D eigenvalue weighted by Gasteiger charge is -2.12. The molecule has 2 rings (SSSR count). The molecule has 0 unspecified atom stereocenters. The average molecular weight is 243 g/mol. The summed E-state index contributed by atoms with van der Waals surface area (Å²) in [5.41, 5.74) is 1.89. The fraction of sp³-hybridized carbons (Fsp3) is 0.364. The van der Waals surface area contributed by atoms with E-state index in [1.165, 1.54) is 0 Å². The van der Waals surface area contributed by atoms with Gasteiger partial charge in [-0.1, -0.05) is 17.7 Å². The van der Waals surface area contributed by atoms with E-state index < -0.39 is 0 Å². The largest absolute Gasteiger partial charge is 0.323 e. The van der Waals surface area contributed by atoms with E-state index in [1.54, 1.807) is 0 Å². The van der Waals surface area contributed by atoms with E-state index in [0.29, 0.717) is 11.9 Å². The highest BCUT2D eigenvalue weighted by Gasteiger charge is 2.14. The highest BCUT2D eigenvalue weighted by molar-refractivity contribution is 6.35. The van der Waals surface area contributed by atoms with Crippen LogP contribution < -0.4 is 0 Å². The zero-order valence-electron chi connectivity index (χ0n) is 8.67. The summed E-state index contributed by atoms with van der Waals surface area (Å²) in [4.78, 5) is 4.46. The molecule has 0 spiro atoms. The number of nitrogens with zero attached hydrogens (tertiary/aromatic N) is 2. The SMILES string of the molecule is CC(C)n1c(CCl)nc2cccc(Cl)c21. The predicted octanol–water partition coefficient (Wildman–Crippen LogP) is 4.01. The summed E-state index contributed by atoms with van der Waals surface area (Å²) in [6.45, 7) is 4.20. The van der Waals surface area contributed by atoms with Gasteiger partial charge in [-0.15, -0.1) is 11.6 Å². The minimum absolute atomic E-state index is 0.309. The minimum atomic E-state index is 0.309. The lowest BCUT2D eigenvalue weighted by atomic mass is 10.3. The molecular formula is C11H12Cl2N2. The maximum atomic E-state index is 6.17. The predicted molar refractivity (Wildman–Crippen MR) is 64.7 cm³/mol. The quantitative estimate of drug-likeness (QED) is 0.728. The van der Waals surface area contributed by atoms with Crippen molar-refractivity contribution in [3.8, 4) is 0 Å². The minimum Gasteiger partial charge on any atom is -0.323 e. The van der Waals surface area contributed by atoms with Crippen LogP contribution in [0.2, 0.25) is 5.02 Å². The molecule has 0 radical (unpaired) electrons. The topological polar surface area (TPSA) is 17.8 Å². The Kier molecular flexibility index (Phi) is 2.89. The van der Waals surface area contributed by atoms with Gasteiger partial charge in [-0.2, -0.15) is 0 Å². The number of hydrogen-bond acceptors (Lipinski definition) is 1. The molecule has 0 N–H and O–H groups in total. The summed E-state index contributed by atoms with van der Waals surface area (Å²) in [7, 11) is 0. The van der Waals surface area contributed by atoms with Gasteiger partial charge in [-0.3, -0.25) is 0 Å². The van der Waals surface area contributed by atoms with Crippen molar-refractivity contribution in [2.45, 2.75) is 25.8 Å². The molecule has 4 heteroatoms. The average Bonchev–Trinajstić information content (AvgIpc) is 2.57. The first-order chi connectivity index (χ1) is 7.15. The number of imidazole rings is 1. The van der Waals surface area contributed by atoms with Gasteiger partial charge in [-0.25, -0.2) is 4.98 Å². The number of para-hydroxylation sites is 1. The monoisotopic (exact) mass is 242 g/mol. The molecule has 0 saturated heterocycles. The van der Waals surface area contributed by atoms with Gasteiger partial charge in [0.05, 0.1) is 21.9 Å². The van der Waals surface area contributed by atoms with Crippen LogP contribution in [0, 0.1) is 0 Å². The van der Waals surface area contributed by atoms with Crippen LogP contribution in [0.15, 0.2) is 18.2 Å². The van der Waals surface area contributed by atoms with Crippen LogP contribution in [0.4, 0.5) is 0 Å². The number of hydrogen-bond donors (Lipinski definition) is 0.